The maximum atomic E-state index is 13.0. The van der Waals surface area contributed by atoms with E-state index < -0.39 is 11.7 Å². The molecular formula is C21H19F3N2O2S. The Kier molecular flexibility index (Phi) is 5.21. The van der Waals surface area contributed by atoms with Crippen LogP contribution in [0.2, 0.25) is 0 Å². The number of aromatic nitrogens is 1. The molecule has 0 spiro atoms. The molecule has 2 heterocycles. The second-order valence-electron chi connectivity index (χ2n) is 7.12. The quantitative estimate of drug-likeness (QED) is 0.513. The highest BCUT2D eigenvalue weighted by atomic mass is 32.1. The average molecular weight is 420 g/mol. The molecule has 1 aromatic carbocycles. The summed E-state index contributed by atoms with van der Waals surface area (Å²) in [5.74, 6) is 0.717. The normalized spacial score (nSPS) is 15.3. The van der Waals surface area contributed by atoms with Gasteiger partial charge < -0.3 is 9.32 Å². The van der Waals surface area contributed by atoms with Crippen molar-refractivity contribution in [1.82, 2.24) is 9.88 Å². The number of rotatable bonds is 6. The number of thiazole rings is 1. The Morgan fingerprint density at radius 1 is 1.28 bits per heavy atom. The molecule has 1 atom stereocenters. The van der Waals surface area contributed by atoms with Gasteiger partial charge in [-0.05, 0) is 44.0 Å². The van der Waals surface area contributed by atoms with Gasteiger partial charge >= 0.3 is 6.18 Å². The summed E-state index contributed by atoms with van der Waals surface area (Å²) >= 11 is 1.32. The van der Waals surface area contributed by atoms with Crippen LogP contribution in [0, 0.1) is 0 Å². The second-order valence-corrected chi connectivity index (χ2v) is 7.98. The van der Waals surface area contributed by atoms with Crippen LogP contribution < -0.4 is 0 Å². The minimum Gasteiger partial charge on any atom is -0.467 e. The molecule has 1 amide bonds. The first-order valence-corrected chi connectivity index (χ1v) is 10.2. The number of alkyl halides is 3. The van der Waals surface area contributed by atoms with Gasteiger partial charge in [0, 0.05) is 17.0 Å². The van der Waals surface area contributed by atoms with E-state index >= 15 is 0 Å². The van der Waals surface area contributed by atoms with Crippen LogP contribution in [-0.2, 0) is 17.4 Å². The van der Waals surface area contributed by atoms with Gasteiger partial charge in [-0.1, -0.05) is 12.1 Å². The zero-order chi connectivity index (χ0) is 20.6. The Hall–Kier alpha value is -2.61. The van der Waals surface area contributed by atoms with Crippen LogP contribution in [-0.4, -0.2) is 21.8 Å². The summed E-state index contributed by atoms with van der Waals surface area (Å²) in [6.07, 6.45) is -0.665. The van der Waals surface area contributed by atoms with Crippen molar-refractivity contribution in [2.24, 2.45) is 0 Å². The SMILES string of the molecule is CC(c1ccco1)N(C(=O)Cc1csc(-c2ccc(C(F)(F)F)cc2)n1)C1CC1. The van der Waals surface area contributed by atoms with E-state index in [0.29, 0.717) is 16.3 Å². The molecule has 0 saturated heterocycles. The van der Waals surface area contributed by atoms with E-state index in [2.05, 4.69) is 4.98 Å². The van der Waals surface area contributed by atoms with Gasteiger partial charge in [-0.25, -0.2) is 4.98 Å². The standard InChI is InChI=1S/C21H19F3N2O2S/c1-13(18-3-2-10-28-18)26(17-8-9-17)19(27)11-16-12-29-20(25-16)14-4-6-15(7-5-14)21(22,23)24/h2-7,10,12-13,17H,8-9,11H2,1H3. The number of amides is 1. The number of hydrogen-bond acceptors (Lipinski definition) is 4. The van der Waals surface area contributed by atoms with Crippen molar-refractivity contribution in [3.05, 3.63) is 65.1 Å². The van der Waals surface area contributed by atoms with E-state index in [0.717, 1.165) is 30.7 Å². The highest BCUT2D eigenvalue weighted by molar-refractivity contribution is 7.13. The van der Waals surface area contributed by atoms with Crippen molar-refractivity contribution in [1.29, 1.82) is 0 Å². The van der Waals surface area contributed by atoms with Crippen LogP contribution in [0.5, 0.6) is 0 Å². The van der Waals surface area contributed by atoms with Crippen molar-refractivity contribution in [2.45, 2.75) is 44.4 Å². The van der Waals surface area contributed by atoms with Gasteiger partial charge in [0.2, 0.25) is 5.91 Å². The fraction of sp³-hybridized carbons (Fsp3) is 0.333. The van der Waals surface area contributed by atoms with Crippen LogP contribution in [0.3, 0.4) is 0 Å². The summed E-state index contributed by atoms with van der Waals surface area (Å²) in [7, 11) is 0. The molecule has 0 radical (unpaired) electrons. The summed E-state index contributed by atoms with van der Waals surface area (Å²) in [5.41, 5.74) is 0.525. The Morgan fingerprint density at radius 2 is 2.00 bits per heavy atom. The van der Waals surface area contributed by atoms with Crippen LogP contribution in [0.15, 0.2) is 52.5 Å². The molecule has 1 aliphatic carbocycles. The van der Waals surface area contributed by atoms with Crippen molar-refractivity contribution >= 4 is 17.2 Å². The van der Waals surface area contributed by atoms with Gasteiger partial charge in [0.25, 0.3) is 0 Å². The van der Waals surface area contributed by atoms with E-state index in [1.54, 1.807) is 17.7 Å². The van der Waals surface area contributed by atoms with Crippen molar-refractivity contribution < 1.29 is 22.4 Å². The molecule has 0 bridgehead atoms. The lowest BCUT2D eigenvalue weighted by molar-refractivity contribution is -0.137. The van der Waals surface area contributed by atoms with Crippen LogP contribution >= 0.6 is 11.3 Å². The van der Waals surface area contributed by atoms with E-state index in [1.165, 1.54) is 23.5 Å². The summed E-state index contributed by atoms with van der Waals surface area (Å²) in [6, 6.07) is 8.62. The zero-order valence-electron chi connectivity index (χ0n) is 15.6. The third-order valence-corrected chi connectivity index (χ3v) is 5.88. The number of hydrogen-bond donors (Lipinski definition) is 0. The molecule has 152 valence electrons. The minimum absolute atomic E-state index is 0.0272. The summed E-state index contributed by atoms with van der Waals surface area (Å²) < 4.78 is 43.6. The summed E-state index contributed by atoms with van der Waals surface area (Å²) in [6.45, 7) is 1.95. The maximum Gasteiger partial charge on any atom is 0.416 e. The second kappa shape index (κ2) is 7.67. The molecule has 1 unspecified atom stereocenters. The predicted octanol–water partition coefficient (Wildman–Crippen LogP) is 5.72. The monoisotopic (exact) mass is 420 g/mol. The van der Waals surface area contributed by atoms with Gasteiger partial charge in [-0.2, -0.15) is 13.2 Å². The Labute approximate surface area is 170 Å². The molecule has 4 nitrogen and oxygen atoms in total. The first-order chi connectivity index (χ1) is 13.8. The molecule has 1 fully saturated rings. The van der Waals surface area contributed by atoms with Crippen molar-refractivity contribution in [3.63, 3.8) is 0 Å². The van der Waals surface area contributed by atoms with Gasteiger partial charge in [-0.3, -0.25) is 4.79 Å². The highest BCUT2D eigenvalue weighted by Gasteiger charge is 2.37. The van der Waals surface area contributed by atoms with Crippen LogP contribution in [0.1, 0.15) is 42.8 Å². The molecule has 1 aliphatic rings. The van der Waals surface area contributed by atoms with Crippen LogP contribution in [0.4, 0.5) is 13.2 Å². The lowest BCUT2D eigenvalue weighted by atomic mass is 10.1. The van der Waals surface area contributed by atoms with Crippen molar-refractivity contribution in [3.8, 4) is 10.6 Å². The number of halogens is 3. The van der Waals surface area contributed by atoms with E-state index in [-0.39, 0.29) is 24.4 Å². The number of nitrogens with zero attached hydrogens (tertiary/aromatic N) is 2. The molecule has 0 aliphatic heterocycles. The molecule has 8 heteroatoms. The van der Waals surface area contributed by atoms with Crippen LogP contribution in [0.25, 0.3) is 10.6 Å². The molecule has 2 aromatic heterocycles. The minimum atomic E-state index is -4.37. The summed E-state index contributed by atoms with van der Waals surface area (Å²) in [4.78, 5) is 19.3. The third-order valence-electron chi connectivity index (χ3n) is 4.94. The number of carbonyl (C=O) groups is 1. The van der Waals surface area contributed by atoms with Gasteiger partial charge in [-0.15, -0.1) is 11.3 Å². The van der Waals surface area contributed by atoms with E-state index in [1.807, 2.05) is 17.9 Å². The smallest absolute Gasteiger partial charge is 0.416 e. The van der Waals surface area contributed by atoms with Gasteiger partial charge in [0.05, 0.1) is 30.0 Å². The predicted molar refractivity (Wildman–Crippen MR) is 103 cm³/mol. The first kappa shape index (κ1) is 19.7. The highest BCUT2D eigenvalue weighted by Crippen LogP contribution is 2.36. The average Bonchev–Trinajstić information content (AvgIpc) is 3.17. The molecule has 1 saturated carbocycles. The van der Waals surface area contributed by atoms with Gasteiger partial charge in [0.15, 0.2) is 0 Å². The Balaban J connectivity index is 1.47. The fourth-order valence-corrected chi connectivity index (χ4v) is 4.15. The Morgan fingerprint density at radius 3 is 2.59 bits per heavy atom. The molecule has 29 heavy (non-hydrogen) atoms. The molecular weight excluding hydrogens is 401 g/mol. The Bertz CT molecular complexity index is 976. The van der Waals surface area contributed by atoms with E-state index in [9.17, 15) is 18.0 Å². The lowest BCUT2D eigenvalue weighted by Gasteiger charge is -2.28. The molecule has 3 aromatic rings. The number of benzene rings is 1. The summed E-state index contributed by atoms with van der Waals surface area (Å²) in [5, 5.41) is 2.38. The van der Waals surface area contributed by atoms with E-state index in [4.69, 9.17) is 4.42 Å². The first-order valence-electron chi connectivity index (χ1n) is 9.29. The number of furan rings is 1. The third kappa shape index (κ3) is 4.37. The maximum absolute atomic E-state index is 13.0. The van der Waals surface area contributed by atoms with Crippen molar-refractivity contribution in [2.75, 3.05) is 0 Å². The number of carbonyl (C=O) groups excluding carboxylic acids is 1. The topological polar surface area (TPSA) is 46.3 Å². The largest absolute Gasteiger partial charge is 0.467 e. The van der Waals surface area contributed by atoms with Gasteiger partial charge in [0.1, 0.15) is 10.8 Å². The molecule has 4 rings (SSSR count). The fourth-order valence-electron chi connectivity index (χ4n) is 3.32. The molecule has 0 N–H and O–H groups in total. The zero-order valence-corrected chi connectivity index (χ0v) is 16.5. The lowest BCUT2D eigenvalue weighted by Crippen LogP contribution is -2.36.